The molecule has 0 radical (unpaired) electrons. The van der Waals surface area contributed by atoms with E-state index in [4.69, 9.17) is 4.74 Å². The molecule has 0 aliphatic rings. The number of anilines is 1. The van der Waals surface area contributed by atoms with Crippen LogP contribution >= 0.6 is 7.60 Å². The van der Waals surface area contributed by atoms with Gasteiger partial charge in [-0.15, -0.1) is 0 Å². The summed E-state index contributed by atoms with van der Waals surface area (Å²) in [6.07, 6.45) is 3.05. The van der Waals surface area contributed by atoms with Gasteiger partial charge in [0.2, 0.25) is 5.95 Å². The summed E-state index contributed by atoms with van der Waals surface area (Å²) >= 11 is 0. The Bertz CT molecular complexity index is 720. The molecular formula is C14H18N3O5P. The van der Waals surface area contributed by atoms with Crippen LogP contribution in [0.3, 0.4) is 0 Å². The molecule has 8 nitrogen and oxygen atoms in total. The Kier molecular flexibility index (Phi) is 5.20. The maximum absolute atomic E-state index is 11.9. The van der Waals surface area contributed by atoms with Crippen molar-refractivity contribution in [3.05, 3.63) is 41.7 Å². The molecule has 0 amide bonds. The molecule has 1 aromatic carbocycles. The summed E-state index contributed by atoms with van der Waals surface area (Å²) in [6, 6.07) is 4.58. The fraction of sp³-hybridized carbons (Fsp3) is 0.286. The number of rotatable bonds is 6. The highest BCUT2D eigenvalue weighted by Crippen LogP contribution is 2.53. The zero-order valence-electron chi connectivity index (χ0n) is 12.7. The molecule has 1 heterocycles. The number of aromatic hydroxyl groups is 1. The highest BCUT2D eigenvalue weighted by Gasteiger charge is 2.31. The van der Waals surface area contributed by atoms with Gasteiger partial charge in [-0.3, -0.25) is 4.57 Å². The maximum Gasteiger partial charge on any atom is 0.334 e. The number of aryl methyl sites for hydroxylation is 1. The molecule has 0 bridgehead atoms. The molecule has 1 unspecified atom stereocenters. The first-order chi connectivity index (χ1) is 10.8. The average Bonchev–Trinajstić information content (AvgIpc) is 2.50. The largest absolute Gasteiger partial charge is 0.504 e. The first-order valence-electron chi connectivity index (χ1n) is 6.76. The minimum absolute atomic E-state index is 0.0555. The summed E-state index contributed by atoms with van der Waals surface area (Å²) in [7, 11) is -3.08. The lowest BCUT2D eigenvalue weighted by atomic mass is 10.1. The first kappa shape index (κ1) is 17.2. The molecule has 0 aliphatic heterocycles. The van der Waals surface area contributed by atoms with Crippen LogP contribution < -0.4 is 10.1 Å². The highest BCUT2D eigenvalue weighted by atomic mass is 31.2. The normalized spacial score (nSPS) is 12.7. The number of nitrogens with one attached hydrogen (secondary N) is 1. The lowest BCUT2D eigenvalue weighted by molar-refractivity contribution is 0.358. The second-order valence-corrected chi connectivity index (χ2v) is 6.75. The van der Waals surface area contributed by atoms with Gasteiger partial charge in [-0.2, -0.15) is 0 Å². The fourth-order valence-electron chi connectivity index (χ4n) is 2.13. The van der Waals surface area contributed by atoms with Crippen LogP contribution in [-0.4, -0.2) is 38.5 Å². The van der Waals surface area contributed by atoms with Crippen LogP contribution in [-0.2, 0) is 4.57 Å². The van der Waals surface area contributed by atoms with Crippen LogP contribution in [0.1, 0.15) is 16.8 Å². The van der Waals surface area contributed by atoms with Gasteiger partial charge in [0.15, 0.2) is 11.5 Å². The summed E-state index contributed by atoms with van der Waals surface area (Å²) in [4.78, 5) is 27.2. The van der Waals surface area contributed by atoms with E-state index in [9.17, 15) is 19.5 Å². The topological polar surface area (TPSA) is 125 Å². The van der Waals surface area contributed by atoms with E-state index < -0.39 is 13.3 Å². The van der Waals surface area contributed by atoms with E-state index in [1.54, 1.807) is 13.0 Å². The number of ether oxygens (including phenoxy) is 1. The Balaban J connectivity index is 2.32. The smallest absolute Gasteiger partial charge is 0.334 e. The lowest BCUT2D eigenvalue weighted by Crippen LogP contribution is -2.15. The predicted octanol–water partition coefficient (Wildman–Crippen LogP) is 1.83. The van der Waals surface area contributed by atoms with Gasteiger partial charge in [0, 0.05) is 18.9 Å². The van der Waals surface area contributed by atoms with Crippen LogP contribution in [0.25, 0.3) is 0 Å². The third-order valence-corrected chi connectivity index (χ3v) is 4.61. The zero-order chi connectivity index (χ0) is 17.0. The molecule has 0 fully saturated rings. The molecule has 0 saturated carbocycles. The van der Waals surface area contributed by atoms with E-state index in [2.05, 4.69) is 15.3 Å². The molecule has 2 rings (SSSR count). The summed E-state index contributed by atoms with van der Waals surface area (Å²) < 4.78 is 16.9. The highest BCUT2D eigenvalue weighted by molar-refractivity contribution is 7.52. The van der Waals surface area contributed by atoms with Crippen molar-refractivity contribution in [2.75, 3.05) is 19.0 Å². The van der Waals surface area contributed by atoms with Crippen LogP contribution in [0.2, 0.25) is 0 Å². The summed E-state index contributed by atoms with van der Waals surface area (Å²) in [6.45, 7) is 1.56. The lowest BCUT2D eigenvalue weighted by Gasteiger charge is -2.21. The number of nitrogens with zero attached hydrogens (tertiary/aromatic N) is 2. The Morgan fingerprint density at radius 1 is 1.30 bits per heavy atom. The fourth-order valence-corrected chi connectivity index (χ4v) is 3.00. The van der Waals surface area contributed by atoms with Crippen LogP contribution in [0, 0.1) is 6.92 Å². The molecule has 2 aromatic rings. The quantitative estimate of drug-likeness (QED) is 0.588. The first-order valence-corrected chi connectivity index (χ1v) is 8.44. The Morgan fingerprint density at radius 2 is 1.96 bits per heavy atom. The molecule has 0 saturated heterocycles. The SMILES string of the molecule is COc1cc(C(CNc2ncccn2)P(=O)(O)O)cc(C)c1O. The number of benzene rings is 1. The van der Waals surface area contributed by atoms with Crippen molar-refractivity contribution >= 4 is 13.5 Å². The second kappa shape index (κ2) is 6.95. The van der Waals surface area contributed by atoms with E-state index >= 15 is 0 Å². The third-order valence-electron chi connectivity index (χ3n) is 3.32. The molecule has 9 heteroatoms. The Morgan fingerprint density at radius 3 is 2.52 bits per heavy atom. The molecule has 0 aliphatic carbocycles. The molecule has 0 spiro atoms. The van der Waals surface area contributed by atoms with Crippen molar-refractivity contribution in [3.8, 4) is 11.5 Å². The summed E-state index contributed by atoms with van der Waals surface area (Å²) in [5.41, 5.74) is -0.304. The number of hydrogen-bond donors (Lipinski definition) is 4. The second-order valence-electron chi connectivity index (χ2n) is 4.95. The van der Waals surface area contributed by atoms with Gasteiger partial charge in [-0.1, -0.05) is 6.07 Å². The molecule has 1 aromatic heterocycles. The van der Waals surface area contributed by atoms with Crippen molar-refractivity contribution in [2.45, 2.75) is 12.6 Å². The molecule has 124 valence electrons. The molecule has 4 N–H and O–H groups in total. The average molecular weight is 339 g/mol. The van der Waals surface area contributed by atoms with E-state index in [1.165, 1.54) is 31.6 Å². The standard InChI is InChI=1S/C14H18N3O5P/c1-9-6-10(7-11(22-2)13(9)18)12(23(19,20)21)8-17-14-15-4-3-5-16-14/h3-7,12,18H,8H2,1-2H3,(H,15,16,17)(H2,19,20,21). The van der Waals surface area contributed by atoms with Gasteiger partial charge >= 0.3 is 7.60 Å². The number of phenolic OH excluding ortho intramolecular Hbond substituents is 1. The van der Waals surface area contributed by atoms with E-state index in [-0.39, 0.29) is 24.0 Å². The van der Waals surface area contributed by atoms with Gasteiger partial charge in [0.1, 0.15) is 5.66 Å². The van der Waals surface area contributed by atoms with Crippen molar-refractivity contribution in [3.63, 3.8) is 0 Å². The van der Waals surface area contributed by atoms with Crippen molar-refractivity contribution in [1.82, 2.24) is 9.97 Å². The Labute approximate surface area is 133 Å². The molecule has 1 atom stereocenters. The number of phenols is 1. The van der Waals surface area contributed by atoms with Crippen molar-refractivity contribution < 1.29 is 24.2 Å². The molecular weight excluding hydrogens is 321 g/mol. The van der Waals surface area contributed by atoms with Gasteiger partial charge < -0.3 is 24.9 Å². The maximum atomic E-state index is 11.9. The van der Waals surface area contributed by atoms with Crippen molar-refractivity contribution in [1.29, 1.82) is 0 Å². The summed E-state index contributed by atoms with van der Waals surface area (Å²) in [5.74, 6) is 0.378. The summed E-state index contributed by atoms with van der Waals surface area (Å²) in [5, 5.41) is 12.7. The van der Waals surface area contributed by atoms with Gasteiger partial charge in [-0.05, 0) is 30.2 Å². The predicted molar refractivity (Wildman–Crippen MR) is 84.7 cm³/mol. The van der Waals surface area contributed by atoms with Crippen LogP contribution in [0.15, 0.2) is 30.6 Å². The molecule has 23 heavy (non-hydrogen) atoms. The third kappa shape index (κ3) is 4.19. The number of methoxy groups -OCH3 is 1. The number of hydrogen-bond acceptors (Lipinski definition) is 6. The van der Waals surface area contributed by atoms with Crippen molar-refractivity contribution in [2.24, 2.45) is 0 Å². The van der Waals surface area contributed by atoms with Gasteiger partial charge in [0.25, 0.3) is 0 Å². The van der Waals surface area contributed by atoms with E-state index in [0.717, 1.165) is 0 Å². The van der Waals surface area contributed by atoms with Gasteiger partial charge in [0.05, 0.1) is 7.11 Å². The van der Waals surface area contributed by atoms with Gasteiger partial charge in [-0.25, -0.2) is 9.97 Å². The minimum atomic E-state index is -4.46. The van der Waals surface area contributed by atoms with E-state index in [1.807, 2.05) is 0 Å². The minimum Gasteiger partial charge on any atom is -0.504 e. The van der Waals surface area contributed by atoms with E-state index in [0.29, 0.717) is 11.1 Å². The monoisotopic (exact) mass is 339 g/mol. The van der Waals surface area contributed by atoms with Crippen LogP contribution in [0.4, 0.5) is 5.95 Å². The zero-order valence-corrected chi connectivity index (χ0v) is 13.6. The number of aromatic nitrogens is 2. The van der Waals surface area contributed by atoms with Crippen LogP contribution in [0.5, 0.6) is 11.5 Å². The Hall–Kier alpha value is -2.15.